The maximum atomic E-state index is 11.8. The van der Waals surface area contributed by atoms with Gasteiger partial charge in [-0.05, 0) is 53.3 Å². The lowest BCUT2D eigenvalue weighted by molar-refractivity contribution is 0.0602. The van der Waals surface area contributed by atoms with Crippen LogP contribution >= 0.6 is 35.2 Å². The van der Waals surface area contributed by atoms with Crippen LogP contribution in [0.25, 0.3) is 22.0 Å². The Bertz CT molecular complexity index is 1250. The van der Waals surface area contributed by atoms with Crippen molar-refractivity contribution < 1.29 is 9.53 Å². The molecule has 2 aromatic carbocycles. The number of rotatable bonds is 4. The lowest BCUT2D eigenvalue weighted by Crippen LogP contribution is -2.20. The number of thiocarbonyl (C=S) groups is 1. The molecule has 0 aliphatic carbocycles. The van der Waals surface area contributed by atoms with Crippen LogP contribution in [0.1, 0.15) is 10.4 Å². The maximum absolute atomic E-state index is 11.8. The Balaban J connectivity index is 1.60. The third kappa shape index (κ3) is 4.14. The van der Waals surface area contributed by atoms with E-state index < -0.39 is 5.97 Å². The van der Waals surface area contributed by atoms with Gasteiger partial charge in [0.25, 0.3) is 0 Å². The number of carbonyl (C=O) groups is 1. The quantitative estimate of drug-likeness (QED) is 0.283. The van der Waals surface area contributed by atoms with E-state index in [-0.39, 0.29) is 0 Å². The van der Waals surface area contributed by atoms with Gasteiger partial charge in [-0.15, -0.1) is 11.3 Å². The summed E-state index contributed by atoms with van der Waals surface area (Å²) in [4.78, 5) is 16.4. The van der Waals surface area contributed by atoms with E-state index in [4.69, 9.17) is 28.6 Å². The lowest BCUT2D eigenvalue weighted by atomic mass is 10.0. The minimum Gasteiger partial charge on any atom is -0.465 e. The fourth-order valence-electron chi connectivity index (χ4n) is 3.06. The molecular formula is C22H16ClN3O2S2. The average Bonchev–Trinajstić information content (AvgIpc) is 3.22. The molecule has 0 aliphatic rings. The van der Waals surface area contributed by atoms with Gasteiger partial charge >= 0.3 is 5.97 Å². The number of halogens is 1. The Morgan fingerprint density at radius 3 is 2.80 bits per heavy atom. The Kier molecular flexibility index (Phi) is 5.94. The predicted octanol–water partition coefficient (Wildman–Crippen LogP) is 6.21. The van der Waals surface area contributed by atoms with Gasteiger partial charge in [0.05, 0.1) is 23.4 Å². The standard InChI is InChI=1S/C22H16ClN3O2S2/c1-28-21(27)16-9-11-30-20(16)26-22(29)25-14-6-7-18(23)17(12-14)19-15-5-3-2-4-13(15)8-10-24-19/h2-12H,1H3,(H2,25,26,29). The normalized spacial score (nSPS) is 10.6. The average molecular weight is 454 g/mol. The number of fused-ring (bicyclic) bond motifs is 1. The summed E-state index contributed by atoms with van der Waals surface area (Å²) >= 11 is 13.3. The van der Waals surface area contributed by atoms with Crippen molar-refractivity contribution in [2.45, 2.75) is 0 Å². The van der Waals surface area contributed by atoms with Crippen molar-refractivity contribution in [2.24, 2.45) is 0 Å². The molecule has 5 nitrogen and oxygen atoms in total. The summed E-state index contributed by atoms with van der Waals surface area (Å²) in [6.07, 6.45) is 1.77. The van der Waals surface area contributed by atoms with E-state index in [1.54, 1.807) is 23.7 Å². The van der Waals surface area contributed by atoms with Gasteiger partial charge in [-0.3, -0.25) is 4.98 Å². The summed E-state index contributed by atoms with van der Waals surface area (Å²) < 4.78 is 4.79. The fourth-order valence-corrected chi connectivity index (χ4v) is 4.33. The second kappa shape index (κ2) is 8.79. The monoisotopic (exact) mass is 453 g/mol. The zero-order valence-electron chi connectivity index (χ0n) is 15.8. The third-order valence-corrected chi connectivity index (χ3v) is 5.81. The second-order valence-corrected chi connectivity index (χ2v) is 8.04. The lowest BCUT2D eigenvalue weighted by Gasteiger charge is -2.13. The first-order chi connectivity index (χ1) is 14.6. The summed E-state index contributed by atoms with van der Waals surface area (Å²) in [5.74, 6) is -0.419. The molecule has 2 aromatic heterocycles. The molecule has 0 atom stereocenters. The van der Waals surface area contributed by atoms with Gasteiger partial charge in [-0.25, -0.2) is 4.79 Å². The van der Waals surface area contributed by atoms with Crippen LogP contribution in [-0.2, 0) is 4.74 Å². The van der Waals surface area contributed by atoms with Crippen LogP contribution < -0.4 is 10.6 Å². The van der Waals surface area contributed by atoms with Gasteiger partial charge in [0.1, 0.15) is 5.00 Å². The SMILES string of the molecule is COC(=O)c1ccsc1NC(=S)Nc1ccc(Cl)c(-c2nccc3ccccc23)c1. The van der Waals surface area contributed by atoms with E-state index in [2.05, 4.69) is 15.6 Å². The molecule has 2 heterocycles. The van der Waals surface area contributed by atoms with Gasteiger partial charge in [0, 0.05) is 22.8 Å². The molecule has 0 saturated heterocycles. The predicted molar refractivity (Wildman–Crippen MR) is 128 cm³/mol. The van der Waals surface area contributed by atoms with Gasteiger partial charge in [-0.1, -0.05) is 35.9 Å². The number of ether oxygens (including phenoxy) is 1. The zero-order valence-corrected chi connectivity index (χ0v) is 18.2. The molecule has 0 aliphatic heterocycles. The molecule has 150 valence electrons. The number of pyridine rings is 1. The number of nitrogens with one attached hydrogen (secondary N) is 2. The van der Waals surface area contributed by atoms with E-state index >= 15 is 0 Å². The van der Waals surface area contributed by atoms with E-state index in [9.17, 15) is 4.79 Å². The van der Waals surface area contributed by atoms with E-state index in [1.165, 1.54) is 18.4 Å². The molecular weight excluding hydrogens is 438 g/mol. The molecule has 2 N–H and O–H groups in total. The molecule has 4 rings (SSSR count). The molecule has 8 heteroatoms. The van der Waals surface area contributed by atoms with E-state index in [1.807, 2.05) is 42.5 Å². The Morgan fingerprint density at radius 1 is 1.13 bits per heavy atom. The van der Waals surface area contributed by atoms with Crippen molar-refractivity contribution in [3.63, 3.8) is 0 Å². The highest BCUT2D eigenvalue weighted by Gasteiger charge is 2.15. The fraction of sp³-hybridized carbons (Fsp3) is 0.0455. The Labute approximate surface area is 187 Å². The highest BCUT2D eigenvalue weighted by Crippen LogP contribution is 2.34. The molecule has 30 heavy (non-hydrogen) atoms. The van der Waals surface area contributed by atoms with Crippen LogP contribution in [0.2, 0.25) is 5.02 Å². The molecule has 0 amide bonds. The van der Waals surface area contributed by atoms with Gasteiger partial charge in [0.2, 0.25) is 0 Å². The van der Waals surface area contributed by atoms with Gasteiger partial charge < -0.3 is 15.4 Å². The highest BCUT2D eigenvalue weighted by molar-refractivity contribution is 7.80. The van der Waals surface area contributed by atoms with Crippen molar-refractivity contribution in [2.75, 3.05) is 17.7 Å². The second-order valence-electron chi connectivity index (χ2n) is 6.31. The Hall–Kier alpha value is -3.00. The van der Waals surface area contributed by atoms with Crippen LogP contribution in [0, 0.1) is 0 Å². The van der Waals surface area contributed by atoms with Crippen molar-refractivity contribution in [1.82, 2.24) is 4.98 Å². The Morgan fingerprint density at radius 2 is 1.97 bits per heavy atom. The van der Waals surface area contributed by atoms with Crippen LogP contribution in [0.4, 0.5) is 10.7 Å². The number of hydrogen-bond donors (Lipinski definition) is 2. The zero-order chi connectivity index (χ0) is 21.1. The third-order valence-electron chi connectivity index (χ3n) is 4.45. The number of methoxy groups -OCH3 is 1. The van der Waals surface area contributed by atoms with Gasteiger partial charge in [0.15, 0.2) is 5.11 Å². The number of thiophene rings is 1. The van der Waals surface area contributed by atoms with E-state index in [0.29, 0.717) is 20.7 Å². The first kappa shape index (κ1) is 20.3. The number of aromatic nitrogens is 1. The first-order valence-corrected chi connectivity index (χ1v) is 10.6. The van der Waals surface area contributed by atoms with Crippen LogP contribution in [0.3, 0.4) is 0 Å². The highest BCUT2D eigenvalue weighted by atomic mass is 35.5. The number of anilines is 2. The summed E-state index contributed by atoms with van der Waals surface area (Å²) in [6, 6.07) is 17.2. The molecule has 0 fully saturated rings. The van der Waals surface area contributed by atoms with Crippen molar-refractivity contribution in [3.8, 4) is 11.3 Å². The topological polar surface area (TPSA) is 63.2 Å². The van der Waals surface area contributed by atoms with Crippen molar-refractivity contribution in [1.29, 1.82) is 0 Å². The minimum absolute atomic E-state index is 0.349. The summed E-state index contributed by atoms with van der Waals surface area (Å²) in [5, 5.41) is 11.6. The number of hydrogen-bond acceptors (Lipinski definition) is 5. The van der Waals surface area contributed by atoms with Crippen molar-refractivity contribution in [3.05, 3.63) is 76.8 Å². The molecule has 4 aromatic rings. The summed E-state index contributed by atoms with van der Waals surface area (Å²) in [7, 11) is 1.34. The summed E-state index contributed by atoms with van der Waals surface area (Å²) in [6.45, 7) is 0. The van der Waals surface area contributed by atoms with E-state index in [0.717, 1.165) is 27.7 Å². The molecule has 0 saturated carbocycles. The number of esters is 1. The maximum Gasteiger partial charge on any atom is 0.340 e. The largest absolute Gasteiger partial charge is 0.465 e. The molecule has 0 bridgehead atoms. The van der Waals surface area contributed by atoms with Crippen LogP contribution in [0.5, 0.6) is 0 Å². The molecule has 0 unspecified atom stereocenters. The number of carbonyl (C=O) groups excluding carboxylic acids is 1. The molecule has 0 spiro atoms. The molecule has 0 radical (unpaired) electrons. The van der Waals surface area contributed by atoms with Gasteiger partial charge in [-0.2, -0.15) is 0 Å². The first-order valence-electron chi connectivity index (χ1n) is 8.94. The smallest absolute Gasteiger partial charge is 0.340 e. The minimum atomic E-state index is -0.419. The van der Waals surface area contributed by atoms with Crippen LogP contribution in [-0.4, -0.2) is 23.2 Å². The van der Waals surface area contributed by atoms with Crippen LogP contribution in [0.15, 0.2) is 66.2 Å². The summed E-state index contributed by atoms with van der Waals surface area (Å²) in [5.41, 5.74) is 2.78. The number of nitrogens with zero attached hydrogens (tertiary/aromatic N) is 1. The number of benzene rings is 2. The van der Waals surface area contributed by atoms with Crippen molar-refractivity contribution >= 4 is 67.7 Å².